The molecule has 3 nitrogen and oxygen atoms in total. The first kappa shape index (κ1) is 16.1. The van der Waals surface area contributed by atoms with Crippen molar-refractivity contribution in [2.24, 2.45) is 0 Å². The number of rotatable bonds is 5. The molecule has 0 fully saturated rings. The smallest absolute Gasteiger partial charge is 0.173 e. The number of benzene rings is 2. The van der Waals surface area contributed by atoms with Crippen molar-refractivity contribution in [1.82, 2.24) is 0 Å². The Balaban J connectivity index is 2.07. The predicted octanol–water partition coefficient (Wildman–Crippen LogP) is 5.30. The first-order valence-corrected chi connectivity index (χ1v) is 8.87. The molecule has 2 aromatic carbocycles. The monoisotopic (exact) mass is 336 g/mol. The summed E-state index contributed by atoms with van der Waals surface area (Å²) in [5, 5.41) is 0. The maximum absolute atomic E-state index is 6.27. The highest BCUT2D eigenvalue weighted by atomic mass is 16.5. The van der Waals surface area contributed by atoms with Crippen molar-refractivity contribution in [3.8, 4) is 28.4 Å². The summed E-state index contributed by atoms with van der Waals surface area (Å²) in [4.78, 5) is 0. The lowest BCUT2D eigenvalue weighted by atomic mass is 9.89. The zero-order valence-corrected chi connectivity index (χ0v) is 15.2. The highest BCUT2D eigenvalue weighted by molar-refractivity contribution is 5.85. The van der Waals surface area contributed by atoms with E-state index in [1.54, 1.807) is 14.2 Å². The Morgan fingerprint density at radius 1 is 0.840 bits per heavy atom. The van der Waals surface area contributed by atoms with Crippen LogP contribution in [0.1, 0.15) is 43.2 Å². The second-order valence-electron chi connectivity index (χ2n) is 6.96. The predicted molar refractivity (Wildman–Crippen MR) is 100.0 cm³/mol. The maximum atomic E-state index is 6.27. The van der Waals surface area contributed by atoms with Crippen LogP contribution in [0.15, 0.2) is 42.5 Å². The first-order chi connectivity index (χ1) is 12.2. The molecule has 130 valence electrons. The Hall–Kier alpha value is -2.42. The molecule has 0 amide bonds. The van der Waals surface area contributed by atoms with Crippen LogP contribution in [0.2, 0.25) is 0 Å². The van der Waals surface area contributed by atoms with Crippen LogP contribution in [0, 0.1) is 0 Å². The molecule has 0 radical (unpaired) electrons. The van der Waals surface area contributed by atoms with E-state index in [1.165, 1.54) is 11.1 Å². The molecule has 2 aliphatic carbocycles. The largest absolute Gasteiger partial charge is 0.496 e. The van der Waals surface area contributed by atoms with Crippen molar-refractivity contribution in [2.75, 3.05) is 14.2 Å². The molecule has 2 atom stereocenters. The van der Waals surface area contributed by atoms with Crippen LogP contribution in [0.25, 0.3) is 11.1 Å². The quantitative estimate of drug-likeness (QED) is 0.694. The Labute approximate surface area is 149 Å². The van der Waals surface area contributed by atoms with Gasteiger partial charge in [-0.2, -0.15) is 0 Å². The maximum Gasteiger partial charge on any atom is 0.173 e. The van der Waals surface area contributed by atoms with E-state index in [9.17, 15) is 0 Å². The third-order valence-electron chi connectivity index (χ3n) is 5.09. The molecule has 0 N–H and O–H groups in total. The second-order valence-corrected chi connectivity index (χ2v) is 6.96. The van der Waals surface area contributed by atoms with Crippen molar-refractivity contribution in [1.29, 1.82) is 0 Å². The van der Waals surface area contributed by atoms with Crippen molar-refractivity contribution in [3.63, 3.8) is 0 Å². The van der Waals surface area contributed by atoms with Gasteiger partial charge in [-0.1, -0.05) is 42.5 Å². The number of hydrogen-bond acceptors (Lipinski definition) is 3. The fourth-order valence-electron chi connectivity index (χ4n) is 4.21. The zero-order valence-electron chi connectivity index (χ0n) is 15.2. The fraction of sp³-hybridized carbons (Fsp3) is 0.364. The lowest BCUT2D eigenvalue weighted by Crippen LogP contribution is -2.11. The number of methoxy groups -OCH3 is 2. The van der Waals surface area contributed by atoms with Crippen LogP contribution in [-0.2, 0) is 0 Å². The van der Waals surface area contributed by atoms with E-state index in [0.717, 1.165) is 34.8 Å². The number of fused-ring (bicyclic) bond motifs is 5. The Morgan fingerprint density at radius 3 is 2.00 bits per heavy atom. The molecule has 0 aliphatic heterocycles. The van der Waals surface area contributed by atoms with Gasteiger partial charge in [-0.3, -0.25) is 0 Å². The number of hydrogen-bond donors (Lipinski definition) is 0. The number of ether oxygens (including phenoxy) is 3. The zero-order chi connectivity index (χ0) is 17.6. The minimum Gasteiger partial charge on any atom is -0.496 e. The molecule has 2 aromatic rings. The van der Waals surface area contributed by atoms with Gasteiger partial charge in [0.05, 0.1) is 25.9 Å². The second kappa shape index (κ2) is 6.14. The minimum absolute atomic E-state index is 0.0493. The van der Waals surface area contributed by atoms with Crippen LogP contribution < -0.4 is 14.2 Å². The molecule has 2 aliphatic rings. The van der Waals surface area contributed by atoms with Crippen LogP contribution in [-0.4, -0.2) is 20.3 Å². The summed E-state index contributed by atoms with van der Waals surface area (Å²) in [7, 11) is 3.49. The molecular weight excluding hydrogens is 312 g/mol. The van der Waals surface area contributed by atoms with Crippen LogP contribution in [0.3, 0.4) is 0 Å². The van der Waals surface area contributed by atoms with E-state index in [-0.39, 0.29) is 6.10 Å². The van der Waals surface area contributed by atoms with Crippen molar-refractivity contribution in [3.05, 3.63) is 53.6 Å². The van der Waals surface area contributed by atoms with Gasteiger partial charge in [0.15, 0.2) is 11.5 Å². The Kier molecular flexibility index (Phi) is 3.95. The molecule has 3 heteroatoms. The van der Waals surface area contributed by atoms with Crippen LogP contribution >= 0.6 is 0 Å². The van der Waals surface area contributed by atoms with Gasteiger partial charge in [0.1, 0.15) is 5.75 Å². The van der Waals surface area contributed by atoms with Gasteiger partial charge < -0.3 is 14.2 Å². The summed E-state index contributed by atoms with van der Waals surface area (Å²) in [6, 6.07) is 10.3. The summed E-state index contributed by atoms with van der Waals surface area (Å²) >= 11 is 0. The standard InChI is InChI=1S/C22H24O3/c1-13(2)25-22-19(14-8-6-5-7-9-14)20(23-3)17-15-10-11-16(12-15)18(17)21(22)24-4/h5-11,13,15-16H,12H2,1-4H3. The molecule has 0 spiro atoms. The molecule has 0 saturated heterocycles. The SMILES string of the molecule is COc1c(OC(C)C)c(-c2ccccc2)c(OC)c2c1C1C=CC2C1. The fourth-order valence-corrected chi connectivity index (χ4v) is 4.21. The van der Waals surface area contributed by atoms with Gasteiger partial charge >= 0.3 is 0 Å². The highest BCUT2D eigenvalue weighted by Crippen LogP contribution is 2.61. The molecule has 0 aromatic heterocycles. The summed E-state index contributed by atoms with van der Waals surface area (Å²) in [6.07, 6.45) is 5.73. The van der Waals surface area contributed by atoms with E-state index in [2.05, 4.69) is 24.3 Å². The summed E-state index contributed by atoms with van der Waals surface area (Å²) in [6.45, 7) is 4.08. The summed E-state index contributed by atoms with van der Waals surface area (Å²) in [5.41, 5.74) is 4.58. The van der Waals surface area contributed by atoms with Gasteiger partial charge in [0.25, 0.3) is 0 Å². The van der Waals surface area contributed by atoms with E-state index in [1.807, 2.05) is 32.0 Å². The average Bonchev–Trinajstić information content (AvgIpc) is 3.23. The topological polar surface area (TPSA) is 27.7 Å². The van der Waals surface area contributed by atoms with E-state index in [0.29, 0.717) is 11.8 Å². The molecule has 0 saturated carbocycles. The molecule has 25 heavy (non-hydrogen) atoms. The van der Waals surface area contributed by atoms with E-state index in [4.69, 9.17) is 14.2 Å². The first-order valence-electron chi connectivity index (χ1n) is 8.87. The van der Waals surface area contributed by atoms with E-state index >= 15 is 0 Å². The van der Waals surface area contributed by atoms with Gasteiger partial charge in [0.2, 0.25) is 0 Å². The Morgan fingerprint density at radius 2 is 1.44 bits per heavy atom. The van der Waals surface area contributed by atoms with E-state index < -0.39 is 0 Å². The molecular formula is C22H24O3. The minimum atomic E-state index is 0.0493. The van der Waals surface area contributed by atoms with Gasteiger partial charge in [-0.15, -0.1) is 0 Å². The third-order valence-corrected chi connectivity index (χ3v) is 5.09. The highest BCUT2D eigenvalue weighted by Gasteiger charge is 2.41. The normalized spacial score (nSPS) is 20.0. The summed E-state index contributed by atoms with van der Waals surface area (Å²) < 4.78 is 18.1. The van der Waals surface area contributed by atoms with Gasteiger partial charge in [-0.05, 0) is 25.8 Å². The molecule has 2 unspecified atom stereocenters. The third kappa shape index (κ3) is 2.41. The van der Waals surface area contributed by atoms with Gasteiger partial charge in [0, 0.05) is 23.0 Å². The van der Waals surface area contributed by atoms with Crippen LogP contribution in [0.4, 0.5) is 0 Å². The van der Waals surface area contributed by atoms with Crippen molar-refractivity contribution >= 4 is 0 Å². The molecule has 2 bridgehead atoms. The van der Waals surface area contributed by atoms with Crippen LogP contribution in [0.5, 0.6) is 17.2 Å². The Bertz CT molecular complexity index is 821. The lowest BCUT2D eigenvalue weighted by Gasteiger charge is -2.26. The molecule has 0 heterocycles. The van der Waals surface area contributed by atoms with Gasteiger partial charge in [-0.25, -0.2) is 0 Å². The van der Waals surface area contributed by atoms with Crippen molar-refractivity contribution in [2.45, 2.75) is 38.2 Å². The average molecular weight is 336 g/mol. The lowest BCUT2D eigenvalue weighted by molar-refractivity contribution is 0.229. The van der Waals surface area contributed by atoms with Crippen molar-refractivity contribution < 1.29 is 14.2 Å². The number of allylic oxidation sites excluding steroid dienone is 2. The summed E-state index contributed by atoms with van der Waals surface area (Å²) in [5.74, 6) is 3.37. The molecule has 4 rings (SSSR count).